The summed E-state index contributed by atoms with van der Waals surface area (Å²) in [6.45, 7) is 0. The molecule has 0 bridgehead atoms. The molecular formula is CH10Ca3MnO7Zn. The summed E-state index contributed by atoms with van der Waals surface area (Å²) in [5.41, 5.74) is 0. The minimum absolute atomic E-state index is 0. The van der Waals surface area contributed by atoms with Crippen LogP contribution in [-0.2, 0) is 51.4 Å². The summed E-state index contributed by atoms with van der Waals surface area (Å²) in [5.74, 6) is 0. The fraction of sp³-hybridized carbons (Fsp3) is 1.00. The van der Waals surface area contributed by atoms with Crippen molar-refractivity contribution in [1.82, 2.24) is 0 Å². The predicted octanol–water partition coefficient (Wildman–Crippen LogP) is -5.27. The van der Waals surface area contributed by atoms with Crippen molar-refractivity contribution in [2.75, 3.05) is 0 Å². The van der Waals surface area contributed by atoms with E-state index < -0.39 is 6.16 Å². The van der Waals surface area contributed by atoms with Crippen molar-refractivity contribution in [1.29, 1.82) is 0 Å². The van der Waals surface area contributed by atoms with Gasteiger partial charge in [0.15, 0.2) is 0 Å². The molecule has 1 aliphatic rings. The number of rotatable bonds is 0. The van der Waals surface area contributed by atoms with Crippen molar-refractivity contribution in [2.24, 2.45) is 0 Å². The van der Waals surface area contributed by atoms with Crippen LogP contribution in [0.1, 0.15) is 0 Å². The van der Waals surface area contributed by atoms with Gasteiger partial charge in [-0.25, -0.2) is 0 Å². The van der Waals surface area contributed by atoms with Gasteiger partial charge in [-0.05, 0) is 0 Å². The monoisotopic (exact) mass is 373 g/mol. The van der Waals surface area contributed by atoms with Gasteiger partial charge in [-0.2, -0.15) is 0 Å². The Kier molecular flexibility index (Phi) is 69.9. The molecule has 0 aliphatic carbocycles. The minimum atomic E-state index is -2.25. The second-order valence-corrected chi connectivity index (χ2v) is 0.715. The second kappa shape index (κ2) is 25.2. The Labute approximate surface area is 182 Å². The quantitative estimate of drug-likeness (QED) is 0.188. The van der Waals surface area contributed by atoms with Gasteiger partial charge >= 0.3 is 161 Å². The summed E-state index contributed by atoms with van der Waals surface area (Å²) in [6, 6.07) is 0. The number of hydrogen-bond acceptors (Lipinski definition) is 6. The maximum atomic E-state index is 8.38. The number of hydrogen-bond donors (Lipinski definition) is 2. The van der Waals surface area contributed by atoms with Crippen LogP contribution >= 0.6 is 0 Å². The molecule has 0 aromatic heterocycles. The molecule has 0 spiro atoms. The van der Waals surface area contributed by atoms with Gasteiger partial charge in [0.05, 0.1) is 0 Å². The first kappa shape index (κ1) is 36.0. The van der Waals surface area contributed by atoms with Crippen LogP contribution < -0.4 is 0 Å². The molecule has 1 heterocycles. The first-order valence-electron chi connectivity index (χ1n) is 1.47. The maximum absolute atomic E-state index is 8.38. The van der Waals surface area contributed by atoms with Crippen LogP contribution in [0.15, 0.2) is 0 Å². The Morgan fingerprint density at radius 1 is 1.00 bits per heavy atom. The third-order valence-electron chi connectivity index (χ3n) is 0.232. The summed E-state index contributed by atoms with van der Waals surface area (Å²) < 4.78 is 16.4. The van der Waals surface area contributed by atoms with Crippen molar-refractivity contribution in [3.05, 3.63) is 0 Å². The van der Waals surface area contributed by atoms with Crippen molar-refractivity contribution < 1.29 is 67.1 Å². The van der Waals surface area contributed by atoms with E-state index in [1.165, 1.54) is 0 Å². The van der Waals surface area contributed by atoms with Crippen molar-refractivity contribution in [3.63, 3.8) is 0 Å². The van der Waals surface area contributed by atoms with Crippen LogP contribution in [0.2, 0.25) is 0 Å². The Balaban J connectivity index is -0.0000000141. The molecule has 12 heteroatoms. The molecule has 1 saturated heterocycles. The summed E-state index contributed by atoms with van der Waals surface area (Å²) in [6.07, 6.45) is -2.25. The molecule has 0 saturated carbocycles. The Morgan fingerprint density at radius 2 is 1.08 bits per heavy atom. The van der Waals surface area contributed by atoms with E-state index in [9.17, 15) is 0 Å². The molecule has 4 N–H and O–H groups in total. The Hall–Kier alpha value is 4.32. The first-order chi connectivity index (χ1) is 4.21. The average molecular weight is 375 g/mol. The van der Waals surface area contributed by atoms with E-state index in [1.54, 1.807) is 15.9 Å². The molecule has 7 nitrogen and oxygen atoms in total. The zero-order chi connectivity index (χ0) is 7.91. The van der Waals surface area contributed by atoms with Crippen molar-refractivity contribution >= 4 is 113 Å². The van der Waals surface area contributed by atoms with E-state index in [-0.39, 0.29) is 137 Å². The van der Waals surface area contributed by atoms with Gasteiger partial charge in [-0.1, -0.05) is 0 Å². The molecular weight excluding hydrogens is 365 g/mol. The van der Waals surface area contributed by atoms with E-state index in [0.29, 0.717) is 0 Å². The molecule has 0 radical (unpaired) electrons. The normalized spacial score (nSPS) is 12.3. The molecule has 71 valence electrons. The summed E-state index contributed by atoms with van der Waals surface area (Å²) in [5, 5.41) is 15.5. The van der Waals surface area contributed by atoms with Crippen LogP contribution in [0.5, 0.6) is 0 Å². The van der Waals surface area contributed by atoms with Gasteiger partial charge in [-0.3, -0.25) is 0 Å². The van der Waals surface area contributed by atoms with E-state index >= 15 is 0 Å². The predicted molar refractivity (Wildman–Crippen MR) is 40.0 cm³/mol. The van der Waals surface area contributed by atoms with Crippen molar-refractivity contribution in [3.8, 4) is 0 Å². The molecule has 13 heavy (non-hydrogen) atoms. The zero-order valence-electron chi connectivity index (χ0n) is 4.61. The van der Waals surface area contributed by atoms with Gasteiger partial charge in [0, 0.05) is 0 Å². The molecule has 0 atom stereocenters. The molecule has 0 unspecified atom stereocenters. The molecule has 1 aliphatic heterocycles. The molecule has 0 amide bonds. The molecule has 0 aromatic rings. The van der Waals surface area contributed by atoms with E-state index in [0.717, 1.165) is 0 Å². The topological polar surface area (TPSA) is 131 Å². The van der Waals surface area contributed by atoms with Crippen LogP contribution in [0.3, 0.4) is 0 Å². The summed E-state index contributed by atoms with van der Waals surface area (Å²) in [7, 11) is 0. The SMILES string of the molecule is O.OC1(O)OO1.[CaH2].[CaH2].[CaH2].[O]=[Mn].[O]=[Zn]. The fourth-order valence-electron chi connectivity index (χ4n) is 0.0373. The Morgan fingerprint density at radius 3 is 1.08 bits per heavy atom. The van der Waals surface area contributed by atoms with Crippen LogP contribution in [-0.4, -0.2) is 135 Å². The zero-order valence-corrected chi connectivity index (χ0v) is 8.76. The fourth-order valence-corrected chi connectivity index (χ4v) is 0.0373. The molecule has 1 rings (SSSR count). The van der Waals surface area contributed by atoms with Crippen LogP contribution in [0.4, 0.5) is 0 Å². The van der Waals surface area contributed by atoms with E-state index in [2.05, 4.69) is 9.78 Å². The third kappa shape index (κ3) is 38.5. The first-order valence-corrected chi connectivity index (χ1v) is 3.16. The second-order valence-electron chi connectivity index (χ2n) is 0.715. The standard InChI is InChI=1S/CH2O4.3Ca.Mn.H2O.2O.Zn.6H/c2-1(3)4-5-1;;;;;;;;;;;;;;/h2-3H;;;;;1H2;;;;;;;;;. The third-order valence-corrected chi connectivity index (χ3v) is 0.232. The number of aliphatic hydroxyl groups is 2. The summed E-state index contributed by atoms with van der Waals surface area (Å²) in [4.78, 5) is 7.01. The van der Waals surface area contributed by atoms with Crippen molar-refractivity contribution in [2.45, 2.75) is 6.16 Å². The van der Waals surface area contributed by atoms with Gasteiger partial charge in [0.2, 0.25) is 0 Å². The Bertz CT molecular complexity index is 78.1. The van der Waals surface area contributed by atoms with Gasteiger partial charge in [0.1, 0.15) is 0 Å². The summed E-state index contributed by atoms with van der Waals surface area (Å²) >= 11 is 1.81. The van der Waals surface area contributed by atoms with Gasteiger partial charge in [0.25, 0.3) is 0 Å². The average Bonchev–Trinajstić information content (AvgIpc) is 2.56. The van der Waals surface area contributed by atoms with Gasteiger partial charge in [-0.15, -0.1) is 9.78 Å². The van der Waals surface area contributed by atoms with Gasteiger partial charge < -0.3 is 15.7 Å². The van der Waals surface area contributed by atoms with Crippen LogP contribution in [0, 0.1) is 0 Å². The molecule has 1 fully saturated rings. The molecule has 0 aromatic carbocycles. The van der Waals surface area contributed by atoms with Crippen LogP contribution in [0.25, 0.3) is 0 Å². The van der Waals surface area contributed by atoms with E-state index in [4.69, 9.17) is 17.6 Å². The van der Waals surface area contributed by atoms with E-state index in [1.807, 2.05) is 0 Å².